The highest BCUT2D eigenvalue weighted by atomic mass is 35.5. The van der Waals surface area contributed by atoms with E-state index < -0.39 is 0 Å². The van der Waals surface area contributed by atoms with Crippen LogP contribution in [0.5, 0.6) is 0 Å². The van der Waals surface area contributed by atoms with Gasteiger partial charge in [-0.3, -0.25) is 4.79 Å². The highest BCUT2D eigenvalue weighted by molar-refractivity contribution is 6.28. The summed E-state index contributed by atoms with van der Waals surface area (Å²) in [6.07, 6.45) is 3.71. The van der Waals surface area contributed by atoms with Crippen molar-refractivity contribution in [3.63, 3.8) is 0 Å². The van der Waals surface area contributed by atoms with Crippen LogP contribution in [0.4, 0.5) is 0 Å². The maximum Gasteiger partial charge on any atom is 0.257 e. The summed E-state index contributed by atoms with van der Waals surface area (Å²) in [5, 5.41) is 0.143. The summed E-state index contributed by atoms with van der Waals surface area (Å²) in [4.78, 5) is 21.1. The van der Waals surface area contributed by atoms with Gasteiger partial charge in [0, 0.05) is 31.5 Å². The largest absolute Gasteiger partial charge is 0.337 e. The zero-order chi connectivity index (χ0) is 10.8. The van der Waals surface area contributed by atoms with Crippen molar-refractivity contribution in [2.45, 2.75) is 12.5 Å². The van der Waals surface area contributed by atoms with Crippen LogP contribution in [0.2, 0.25) is 5.28 Å². The predicted molar refractivity (Wildman–Crippen MR) is 55.5 cm³/mol. The Hall–Kier alpha value is -1.20. The Kier molecular flexibility index (Phi) is 2.83. The van der Waals surface area contributed by atoms with Crippen molar-refractivity contribution >= 4 is 17.5 Å². The maximum absolute atomic E-state index is 11.9. The number of hydrogen-bond acceptors (Lipinski definition) is 4. The summed E-state index contributed by atoms with van der Waals surface area (Å²) in [6.45, 7) is 1.30. The maximum atomic E-state index is 11.9. The van der Waals surface area contributed by atoms with Crippen LogP contribution >= 0.6 is 11.6 Å². The van der Waals surface area contributed by atoms with Crippen LogP contribution in [0, 0.1) is 0 Å². The van der Waals surface area contributed by atoms with Gasteiger partial charge in [-0.2, -0.15) is 0 Å². The minimum Gasteiger partial charge on any atom is -0.337 e. The van der Waals surface area contributed by atoms with Crippen molar-refractivity contribution in [1.82, 2.24) is 14.9 Å². The highest BCUT2D eigenvalue weighted by Crippen LogP contribution is 2.11. The second-order valence-corrected chi connectivity index (χ2v) is 3.88. The molecule has 2 heterocycles. The molecule has 1 unspecified atom stereocenters. The molecule has 80 valence electrons. The average Bonchev–Trinajstić information content (AvgIpc) is 2.65. The Morgan fingerprint density at radius 3 is 2.73 bits per heavy atom. The van der Waals surface area contributed by atoms with E-state index in [1.54, 1.807) is 4.90 Å². The number of carbonyl (C=O) groups is 1. The zero-order valence-electron chi connectivity index (χ0n) is 8.06. The number of likely N-dealkylation sites (tertiary alicyclic amines) is 1. The number of rotatable bonds is 1. The number of aromatic nitrogens is 2. The first kappa shape index (κ1) is 10.3. The van der Waals surface area contributed by atoms with Crippen LogP contribution in [0.15, 0.2) is 12.4 Å². The second-order valence-electron chi connectivity index (χ2n) is 3.54. The number of nitrogens with zero attached hydrogens (tertiary/aromatic N) is 3. The number of carbonyl (C=O) groups excluding carboxylic acids is 1. The van der Waals surface area contributed by atoms with Crippen LogP contribution in [0.25, 0.3) is 0 Å². The first-order valence-electron chi connectivity index (χ1n) is 4.69. The lowest BCUT2D eigenvalue weighted by Crippen LogP contribution is -2.32. The Balaban J connectivity index is 2.11. The molecule has 1 aromatic rings. The summed E-state index contributed by atoms with van der Waals surface area (Å²) in [5.74, 6) is -0.0837. The van der Waals surface area contributed by atoms with Crippen molar-refractivity contribution in [3.8, 4) is 0 Å². The molecule has 2 rings (SSSR count). The third-order valence-corrected chi connectivity index (χ3v) is 2.57. The molecule has 0 spiro atoms. The second kappa shape index (κ2) is 4.12. The van der Waals surface area contributed by atoms with Crippen LogP contribution in [-0.4, -0.2) is 39.9 Å². The molecule has 1 fully saturated rings. The smallest absolute Gasteiger partial charge is 0.257 e. The molecule has 0 aliphatic carbocycles. The van der Waals surface area contributed by atoms with Gasteiger partial charge in [0.25, 0.3) is 5.91 Å². The van der Waals surface area contributed by atoms with E-state index in [4.69, 9.17) is 17.3 Å². The predicted octanol–water partition coefficient (Wildman–Crippen LogP) is 0.303. The van der Waals surface area contributed by atoms with E-state index in [0.29, 0.717) is 18.7 Å². The molecule has 1 saturated heterocycles. The number of nitrogens with two attached hydrogens (primary N) is 1. The summed E-state index contributed by atoms with van der Waals surface area (Å²) >= 11 is 5.53. The average molecular weight is 227 g/mol. The quantitative estimate of drug-likeness (QED) is 0.700. The van der Waals surface area contributed by atoms with Crippen molar-refractivity contribution < 1.29 is 4.79 Å². The molecule has 1 aromatic heterocycles. The molecule has 0 bridgehead atoms. The first-order chi connectivity index (χ1) is 7.16. The van der Waals surface area contributed by atoms with E-state index in [0.717, 1.165) is 6.42 Å². The van der Waals surface area contributed by atoms with Gasteiger partial charge in [0.15, 0.2) is 0 Å². The molecule has 2 N–H and O–H groups in total. The van der Waals surface area contributed by atoms with Gasteiger partial charge >= 0.3 is 0 Å². The molecule has 6 heteroatoms. The van der Waals surface area contributed by atoms with Gasteiger partial charge in [-0.25, -0.2) is 9.97 Å². The number of hydrogen-bond donors (Lipinski definition) is 1. The zero-order valence-corrected chi connectivity index (χ0v) is 8.81. The van der Waals surface area contributed by atoms with Crippen LogP contribution in [-0.2, 0) is 0 Å². The van der Waals surface area contributed by atoms with E-state index in [1.165, 1.54) is 12.4 Å². The molecule has 1 amide bonds. The highest BCUT2D eigenvalue weighted by Gasteiger charge is 2.24. The van der Waals surface area contributed by atoms with Gasteiger partial charge in [-0.15, -0.1) is 0 Å². The van der Waals surface area contributed by atoms with Crippen molar-refractivity contribution in [2.75, 3.05) is 13.1 Å². The molecular formula is C9H11ClN4O. The lowest BCUT2D eigenvalue weighted by Gasteiger charge is -2.14. The number of halogens is 1. The van der Waals surface area contributed by atoms with E-state index in [1.807, 2.05) is 0 Å². The normalized spacial score (nSPS) is 20.7. The summed E-state index contributed by atoms with van der Waals surface area (Å²) in [5.41, 5.74) is 6.17. The minimum atomic E-state index is -0.0837. The SMILES string of the molecule is NC1CCN(C(=O)c2cnc(Cl)nc2)C1. The molecule has 1 atom stereocenters. The summed E-state index contributed by atoms with van der Waals surface area (Å²) < 4.78 is 0. The van der Waals surface area contributed by atoms with Crippen molar-refractivity contribution in [2.24, 2.45) is 5.73 Å². The van der Waals surface area contributed by atoms with Crippen LogP contribution in [0.3, 0.4) is 0 Å². The summed E-state index contributed by atoms with van der Waals surface area (Å²) in [6, 6.07) is 0.0853. The van der Waals surface area contributed by atoms with Crippen molar-refractivity contribution in [3.05, 3.63) is 23.2 Å². The number of amides is 1. The third kappa shape index (κ3) is 2.24. The molecule has 1 aliphatic heterocycles. The Bertz CT molecular complexity index is 367. The fraction of sp³-hybridized carbons (Fsp3) is 0.444. The third-order valence-electron chi connectivity index (χ3n) is 2.38. The topological polar surface area (TPSA) is 72.1 Å². The summed E-state index contributed by atoms with van der Waals surface area (Å²) in [7, 11) is 0. The Morgan fingerprint density at radius 1 is 1.53 bits per heavy atom. The Morgan fingerprint density at radius 2 is 2.20 bits per heavy atom. The molecule has 0 aromatic carbocycles. The van der Waals surface area contributed by atoms with Gasteiger partial charge < -0.3 is 10.6 Å². The first-order valence-corrected chi connectivity index (χ1v) is 5.07. The van der Waals surface area contributed by atoms with Gasteiger partial charge in [0.1, 0.15) is 0 Å². The molecule has 0 radical (unpaired) electrons. The van der Waals surface area contributed by atoms with Gasteiger partial charge in [-0.05, 0) is 18.0 Å². The van der Waals surface area contributed by atoms with Crippen LogP contribution in [0.1, 0.15) is 16.8 Å². The van der Waals surface area contributed by atoms with Gasteiger partial charge in [-0.1, -0.05) is 0 Å². The monoisotopic (exact) mass is 226 g/mol. The van der Waals surface area contributed by atoms with Gasteiger partial charge in [0.05, 0.1) is 5.56 Å². The van der Waals surface area contributed by atoms with E-state index in [-0.39, 0.29) is 17.2 Å². The minimum absolute atomic E-state index is 0.0837. The van der Waals surface area contributed by atoms with Gasteiger partial charge in [0.2, 0.25) is 5.28 Å². The molecule has 15 heavy (non-hydrogen) atoms. The van der Waals surface area contributed by atoms with E-state index >= 15 is 0 Å². The molecular weight excluding hydrogens is 216 g/mol. The molecule has 0 saturated carbocycles. The lowest BCUT2D eigenvalue weighted by atomic mass is 10.3. The van der Waals surface area contributed by atoms with E-state index in [9.17, 15) is 4.79 Å². The van der Waals surface area contributed by atoms with E-state index in [2.05, 4.69) is 9.97 Å². The van der Waals surface area contributed by atoms with Crippen molar-refractivity contribution in [1.29, 1.82) is 0 Å². The lowest BCUT2D eigenvalue weighted by molar-refractivity contribution is 0.0790. The molecule has 1 aliphatic rings. The Labute approximate surface area is 92.3 Å². The van der Waals surface area contributed by atoms with Crippen LogP contribution < -0.4 is 5.73 Å². The molecule has 5 nitrogen and oxygen atoms in total. The fourth-order valence-electron chi connectivity index (χ4n) is 1.58. The standard InChI is InChI=1S/C9H11ClN4O/c10-9-12-3-6(4-13-9)8(15)14-2-1-7(11)5-14/h3-4,7H,1-2,5,11H2. The fourth-order valence-corrected chi connectivity index (χ4v) is 1.67.